The number of piperidine rings is 1. The van der Waals surface area contributed by atoms with Gasteiger partial charge in [0.05, 0.1) is 0 Å². The van der Waals surface area contributed by atoms with Gasteiger partial charge in [-0.3, -0.25) is 4.90 Å². The Labute approximate surface area is 138 Å². The molecule has 5 heteroatoms. The Hall–Kier alpha value is -0.320. The predicted molar refractivity (Wildman–Crippen MR) is 91.1 cm³/mol. The normalized spacial score (nSPS) is 19.1. The first-order valence-electron chi connectivity index (χ1n) is 7.55. The molecule has 1 saturated heterocycles. The Kier molecular flexibility index (Phi) is 6.33. The largest absolute Gasteiger partial charge is 0.329 e. The highest BCUT2D eigenvalue weighted by Gasteiger charge is 2.23. The monoisotopic (exact) mass is 329 g/mol. The van der Waals surface area contributed by atoms with Crippen molar-refractivity contribution in [3.63, 3.8) is 0 Å². The highest BCUT2D eigenvalue weighted by Crippen LogP contribution is 2.30. The minimum Gasteiger partial charge on any atom is -0.329 e. The van der Waals surface area contributed by atoms with Crippen LogP contribution in [0.15, 0.2) is 18.2 Å². The average molecular weight is 330 g/mol. The Balaban J connectivity index is 2.02. The lowest BCUT2D eigenvalue weighted by Gasteiger charge is -2.35. The van der Waals surface area contributed by atoms with E-state index in [1.807, 2.05) is 12.1 Å². The van der Waals surface area contributed by atoms with Crippen molar-refractivity contribution in [2.75, 3.05) is 40.3 Å². The second-order valence-electron chi connectivity index (χ2n) is 6.10. The van der Waals surface area contributed by atoms with E-state index in [4.69, 9.17) is 28.9 Å². The SMILES string of the molecule is CN1CCC(CN(C)C(CN)c2ccc(Cl)cc2Cl)CC1. The van der Waals surface area contributed by atoms with Crippen molar-refractivity contribution >= 4 is 23.2 Å². The van der Waals surface area contributed by atoms with E-state index in [-0.39, 0.29) is 6.04 Å². The number of likely N-dealkylation sites (tertiary alicyclic amines) is 1. The molecule has 0 bridgehead atoms. The molecule has 0 radical (unpaired) electrons. The molecule has 3 nitrogen and oxygen atoms in total. The first-order chi connectivity index (χ1) is 10.0. The molecule has 1 atom stereocenters. The van der Waals surface area contributed by atoms with Crippen molar-refractivity contribution < 1.29 is 0 Å². The van der Waals surface area contributed by atoms with E-state index in [0.717, 1.165) is 18.0 Å². The molecule has 1 aromatic carbocycles. The maximum absolute atomic E-state index is 6.34. The summed E-state index contributed by atoms with van der Waals surface area (Å²) >= 11 is 12.3. The van der Waals surface area contributed by atoms with Gasteiger partial charge in [0.15, 0.2) is 0 Å². The van der Waals surface area contributed by atoms with Crippen molar-refractivity contribution in [3.8, 4) is 0 Å². The molecule has 1 aromatic rings. The minimum atomic E-state index is 0.148. The Morgan fingerprint density at radius 2 is 2.00 bits per heavy atom. The molecule has 0 aromatic heterocycles. The lowest BCUT2D eigenvalue weighted by Crippen LogP contribution is -2.38. The molecular formula is C16H25Cl2N3. The van der Waals surface area contributed by atoms with E-state index in [1.54, 1.807) is 6.07 Å². The molecule has 1 heterocycles. The lowest BCUT2D eigenvalue weighted by atomic mass is 9.95. The number of nitrogens with zero attached hydrogens (tertiary/aromatic N) is 2. The third-order valence-electron chi connectivity index (χ3n) is 4.46. The minimum absolute atomic E-state index is 0.148. The topological polar surface area (TPSA) is 32.5 Å². The van der Waals surface area contributed by atoms with E-state index in [9.17, 15) is 0 Å². The van der Waals surface area contributed by atoms with Gasteiger partial charge in [-0.1, -0.05) is 29.3 Å². The summed E-state index contributed by atoms with van der Waals surface area (Å²) in [6, 6.07) is 5.82. The Morgan fingerprint density at radius 3 is 2.57 bits per heavy atom. The number of hydrogen-bond acceptors (Lipinski definition) is 3. The van der Waals surface area contributed by atoms with Gasteiger partial charge in [0.2, 0.25) is 0 Å². The van der Waals surface area contributed by atoms with Crippen LogP contribution in [0.25, 0.3) is 0 Å². The van der Waals surface area contributed by atoms with Crippen LogP contribution >= 0.6 is 23.2 Å². The quantitative estimate of drug-likeness (QED) is 0.899. The van der Waals surface area contributed by atoms with Crippen LogP contribution in [0.1, 0.15) is 24.4 Å². The maximum atomic E-state index is 6.34. The second-order valence-corrected chi connectivity index (χ2v) is 6.95. The average Bonchev–Trinajstić information content (AvgIpc) is 2.44. The summed E-state index contributed by atoms with van der Waals surface area (Å²) in [5.74, 6) is 0.742. The molecule has 21 heavy (non-hydrogen) atoms. The molecule has 0 saturated carbocycles. The van der Waals surface area contributed by atoms with Crippen molar-refractivity contribution in [1.29, 1.82) is 0 Å². The fourth-order valence-electron chi connectivity index (χ4n) is 3.10. The van der Waals surface area contributed by atoms with Crippen LogP contribution in [0.5, 0.6) is 0 Å². The zero-order valence-corrected chi connectivity index (χ0v) is 14.4. The first-order valence-corrected chi connectivity index (χ1v) is 8.30. The fourth-order valence-corrected chi connectivity index (χ4v) is 3.63. The fraction of sp³-hybridized carbons (Fsp3) is 0.625. The van der Waals surface area contributed by atoms with Crippen LogP contribution in [-0.4, -0.2) is 50.1 Å². The first kappa shape index (κ1) is 17.0. The van der Waals surface area contributed by atoms with Crippen LogP contribution in [-0.2, 0) is 0 Å². The van der Waals surface area contributed by atoms with E-state index in [1.165, 1.54) is 25.9 Å². The molecule has 1 fully saturated rings. The molecule has 2 rings (SSSR count). The van der Waals surface area contributed by atoms with Crippen LogP contribution in [0.4, 0.5) is 0 Å². The van der Waals surface area contributed by atoms with E-state index in [0.29, 0.717) is 16.6 Å². The molecule has 0 amide bonds. The Morgan fingerprint density at radius 1 is 1.33 bits per heavy atom. The van der Waals surface area contributed by atoms with Gasteiger partial charge in [0, 0.05) is 29.2 Å². The highest BCUT2D eigenvalue weighted by molar-refractivity contribution is 6.35. The number of hydrogen-bond donors (Lipinski definition) is 1. The van der Waals surface area contributed by atoms with Crippen molar-refractivity contribution in [2.45, 2.75) is 18.9 Å². The van der Waals surface area contributed by atoms with Gasteiger partial charge in [-0.25, -0.2) is 0 Å². The number of benzene rings is 1. The number of halogens is 2. The summed E-state index contributed by atoms with van der Waals surface area (Å²) < 4.78 is 0. The lowest BCUT2D eigenvalue weighted by molar-refractivity contribution is 0.151. The summed E-state index contributed by atoms with van der Waals surface area (Å²) in [6.07, 6.45) is 2.51. The maximum Gasteiger partial charge on any atom is 0.0482 e. The van der Waals surface area contributed by atoms with Gasteiger partial charge in [-0.15, -0.1) is 0 Å². The van der Waals surface area contributed by atoms with E-state index >= 15 is 0 Å². The van der Waals surface area contributed by atoms with Crippen LogP contribution in [0.3, 0.4) is 0 Å². The van der Waals surface area contributed by atoms with E-state index in [2.05, 4.69) is 23.9 Å². The number of nitrogens with two attached hydrogens (primary N) is 1. The van der Waals surface area contributed by atoms with Gasteiger partial charge in [0.1, 0.15) is 0 Å². The smallest absolute Gasteiger partial charge is 0.0482 e. The van der Waals surface area contributed by atoms with Crippen molar-refractivity contribution in [3.05, 3.63) is 33.8 Å². The molecule has 0 spiro atoms. The van der Waals surface area contributed by atoms with Crippen LogP contribution in [0.2, 0.25) is 10.0 Å². The summed E-state index contributed by atoms with van der Waals surface area (Å²) in [5.41, 5.74) is 7.07. The number of likely N-dealkylation sites (N-methyl/N-ethyl adjacent to an activating group) is 1. The summed E-state index contributed by atoms with van der Waals surface area (Å²) in [7, 11) is 4.33. The molecule has 2 N–H and O–H groups in total. The standard InChI is InChI=1S/C16H25Cl2N3/c1-20-7-5-12(6-8-20)11-21(2)16(10-19)14-4-3-13(17)9-15(14)18/h3-4,9,12,16H,5-8,10-11,19H2,1-2H3. The third-order valence-corrected chi connectivity index (χ3v) is 5.02. The van der Waals surface area contributed by atoms with Gasteiger partial charge < -0.3 is 10.6 Å². The molecule has 0 aliphatic carbocycles. The second kappa shape index (κ2) is 7.80. The van der Waals surface area contributed by atoms with Crippen molar-refractivity contribution in [2.24, 2.45) is 11.7 Å². The summed E-state index contributed by atoms with van der Waals surface area (Å²) in [4.78, 5) is 4.73. The zero-order chi connectivity index (χ0) is 15.4. The molecule has 1 unspecified atom stereocenters. The third kappa shape index (κ3) is 4.57. The van der Waals surface area contributed by atoms with Gasteiger partial charge in [-0.05, 0) is 63.6 Å². The molecular weight excluding hydrogens is 305 g/mol. The van der Waals surface area contributed by atoms with Crippen molar-refractivity contribution in [1.82, 2.24) is 9.80 Å². The van der Waals surface area contributed by atoms with Gasteiger partial charge in [-0.2, -0.15) is 0 Å². The predicted octanol–water partition coefficient (Wildman–Crippen LogP) is 3.27. The summed E-state index contributed by atoms with van der Waals surface area (Å²) in [5, 5.41) is 1.37. The van der Waals surface area contributed by atoms with Gasteiger partial charge in [0.25, 0.3) is 0 Å². The van der Waals surface area contributed by atoms with Crippen LogP contribution < -0.4 is 5.73 Å². The van der Waals surface area contributed by atoms with Crippen LogP contribution in [0, 0.1) is 5.92 Å². The van der Waals surface area contributed by atoms with Gasteiger partial charge >= 0.3 is 0 Å². The molecule has 118 valence electrons. The summed E-state index contributed by atoms with van der Waals surface area (Å²) in [6.45, 7) is 4.00. The molecule has 1 aliphatic rings. The van der Waals surface area contributed by atoms with E-state index < -0.39 is 0 Å². The molecule has 1 aliphatic heterocycles. The number of rotatable bonds is 5. The highest BCUT2D eigenvalue weighted by atomic mass is 35.5. The zero-order valence-electron chi connectivity index (χ0n) is 12.9. The Bertz CT molecular complexity index is 459.